The molecule has 1 atom stereocenters. The van der Waals surface area contributed by atoms with Crippen LogP contribution in [0.3, 0.4) is 0 Å². The van der Waals surface area contributed by atoms with Crippen molar-refractivity contribution in [2.75, 3.05) is 17.7 Å². The lowest BCUT2D eigenvalue weighted by Crippen LogP contribution is -2.54. The summed E-state index contributed by atoms with van der Waals surface area (Å²) in [6.45, 7) is 2.68. The topological polar surface area (TPSA) is 88.4 Å². The van der Waals surface area contributed by atoms with E-state index in [2.05, 4.69) is 10.1 Å². The number of carbonyl (C=O) groups excluding carboxylic acids is 1. The van der Waals surface area contributed by atoms with Crippen molar-refractivity contribution in [2.45, 2.75) is 38.8 Å². The van der Waals surface area contributed by atoms with Crippen molar-refractivity contribution in [3.8, 4) is 0 Å². The van der Waals surface area contributed by atoms with Gasteiger partial charge >= 0.3 is 0 Å². The van der Waals surface area contributed by atoms with E-state index in [1.807, 2.05) is 12.3 Å². The highest BCUT2D eigenvalue weighted by atomic mass is 32.2. The molecular weight excluding hydrogens is 374 g/mol. The van der Waals surface area contributed by atoms with Crippen LogP contribution in [0.5, 0.6) is 0 Å². The first-order valence-electron chi connectivity index (χ1n) is 8.50. The number of thiazole rings is 1. The van der Waals surface area contributed by atoms with Crippen molar-refractivity contribution >= 4 is 33.1 Å². The van der Waals surface area contributed by atoms with Gasteiger partial charge < -0.3 is 0 Å². The highest BCUT2D eigenvalue weighted by Gasteiger charge is 2.39. The third-order valence-electron chi connectivity index (χ3n) is 4.48. The van der Waals surface area contributed by atoms with Gasteiger partial charge in [0.2, 0.25) is 15.9 Å². The summed E-state index contributed by atoms with van der Waals surface area (Å²) in [5, 5.41) is 6.93. The van der Waals surface area contributed by atoms with Gasteiger partial charge in [0, 0.05) is 25.0 Å². The van der Waals surface area contributed by atoms with Crippen LogP contribution in [0.4, 0.5) is 5.82 Å². The fourth-order valence-electron chi connectivity index (χ4n) is 3.18. The Morgan fingerprint density at radius 1 is 1.42 bits per heavy atom. The standard InChI is InChI=1S/C16H23N5O3S2/c1-4-14-18-12(11-25-14)10-21(26(3,23)24)13-6-5-9-20(16(13)22)15-7-8-17-19(15)2/h7-8,11,13H,4-6,9-10H2,1-3H3/t13-/m0/s1. The lowest BCUT2D eigenvalue weighted by molar-refractivity contribution is -0.123. The van der Waals surface area contributed by atoms with Gasteiger partial charge in [-0.15, -0.1) is 11.3 Å². The number of sulfonamides is 1. The molecule has 1 amide bonds. The Morgan fingerprint density at radius 3 is 2.77 bits per heavy atom. The van der Waals surface area contributed by atoms with E-state index in [4.69, 9.17) is 0 Å². The lowest BCUT2D eigenvalue weighted by Gasteiger charge is -2.36. The molecule has 10 heteroatoms. The van der Waals surface area contributed by atoms with Gasteiger partial charge in [-0.2, -0.15) is 9.40 Å². The number of hydrogen-bond donors (Lipinski definition) is 0. The fraction of sp³-hybridized carbons (Fsp3) is 0.562. The summed E-state index contributed by atoms with van der Waals surface area (Å²) in [6.07, 6.45) is 4.81. The summed E-state index contributed by atoms with van der Waals surface area (Å²) in [5.41, 5.74) is 0.683. The van der Waals surface area contributed by atoms with E-state index in [1.165, 1.54) is 15.6 Å². The third kappa shape index (κ3) is 3.81. The van der Waals surface area contributed by atoms with Gasteiger partial charge in [-0.05, 0) is 19.3 Å². The van der Waals surface area contributed by atoms with Gasteiger partial charge in [-0.1, -0.05) is 6.92 Å². The second kappa shape index (κ2) is 7.45. The minimum absolute atomic E-state index is 0.116. The second-order valence-corrected chi connectivity index (χ2v) is 9.23. The van der Waals surface area contributed by atoms with Crippen LogP contribution in [0.1, 0.15) is 30.5 Å². The van der Waals surface area contributed by atoms with Gasteiger partial charge in [0.15, 0.2) is 0 Å². The van der Waals surface area contributed by atoms with Crippen molar-refractivity contribution in [1.29, 1.82) is 0 Å². The van der Waals surface area contributed by atoms with Crippen LogP contribution in [0.25, 0.3) is 0 Å². The third-order valence-corrected chi connectivity index (χ3v) is 6.75. The molecule has 1 aliphatic rings. The maximum Gasteiger partial charge on any atom is 0.246 e. The van der Waals surface area contributed by atoms with Crippen molar-refractivity contribution in [3.05, 3.63) is 28.3 Å². The van der Waals surface area contributed by atoms with Crippen LogP contribution in [-0.2, 0) is 34.8 Å². The van der Waals surface area contributed by atoms with E-state index >= 15 is 0 Å². The van der Waals surface area contributed by atoms with Crippen LogP contribution in [0, 0.1) is 0 Å². The molecule has 0 unspecified atom stereocenters. The molecule has 2 aromatic rings. The molecule has 142 valence electrons. The Kier molecular flexibility index (Phi) is 5.44. The molecule has 0 N–H and O–H groups in total. The Hall–Kier alpha value is -1.78. The largest absolute Gasteiger partial charge is 0.296 e. The average Bonchev–Trinajstić information content (AvgIpc) is 3.21. The van der Waals surface area contributed by atoms with Gasteiger partial charge in [0.25, 0.3) is 0 Å². The van der Waals surface area contributed by atoms with Gasteiger partial charge in [0.05, 0.1) is 29.7 Å². The van der Waals surface area contributed by atoms with E-state index < -0.39 is 16.1 Å². The van der Waals surface area contributed by atoms with Crippen molar-refractivity contribution < 1.29 is 13.2 Å². The number of aryl methyl sites for hydroxylation is 2. The first-order chi connectivity index (χ1) is 12.3. The first-order valence-corrected chi connectivity index (χ1v) is 11.2. The molecule has 0 radical (unpaired) electrons. The molecule has 1 fully saturated rings. The predicted molar refractivity (Wildman–Crippen MR) is 100 cm³/mol. The maximum absolute atomic E-state index is 13.1. The summed E-state index contributed by atoms with van der Waals surface area (Å²) < 4.78 is 27.8. The van der Waals surface area contributed by atoms with Crippen LogP contribution >= 0.6 is 11.3 Å². The molecule has 0 saturated carbocycles. The maximum atomic E-state index is 13.1. The van der Waals surface area contributed by atoms with Crippen LogP contribution in [0.15, 0.2) is 17.6 Å². The highest BCUT2D eigenvalue weighted by molar-refractivity contribution is 7.88. The van der Waals surface area contributed by atoms with Crippen LogP contribution in [0.2, 0.25) is 0 Å². The fourth-order valence-corrected chi connectivity index (χ4v) is 4.95. The predicted octanol–water partition coefficient (Wildman–Crippen LogP) is 1.40. The Bertz CT molecular complexity index is 889. The van der Waals surface area contributed by atoms with Gasteiger partial charge in [0.1, 0.15) is 11.9 Å². The summed E-state index contributed by atoms with van der Waals surface area (Å²) in [6, 6.07) is 1.04. The summed E-state index contributed by atoms with van der Waals surface area (Å²) in [7, 11) is -1.80. The van der Waals surface area contributed by atoms with Crippen molar-refractivity contribution in [1.82, 2.24) is 19.1 Å². The van der Waals surface area contributed by atoms with Crippen molar-refractivity contribution in [3.63, 3.8) is 0 Å². The quantitative estimate of drug-likeness (QED) is 0.735. The minimum Gasteiger partial charge on any atom is -0.296 e. The molecule has 3 heterocycles. The molecule has 0 bridgehead atoms. The van der Waals surface area contributed by atoms with E-state index in [9.17, 15) is 13.2 Å². The zero-order chi connectivity index (χ0) is 18.9. The molecule has 26 heavy (non-hydrogen) atoms. The molecule has 0 aliphatic carbocycles. The normalized spacial score (nSPS) is 18.7. The Morgan fingerprint density at radius 2 is 2.19 bits per heavy atom. The van der Waals surface area contributed by atoms with E-state index in [-0.39, 0.29) is 12.5 Å². The zero-order valence-electron chi connectivity index (χ0n) is 15.1. The number of hydrogen-bond acceptors (Lipinski definition) is 6. The number of nitrogens with zero attached hydrogens (tertiary/aromatic N) is 5. The first kappa shape index (κ1) is 19.0. The number of piperidine rings is 1. The minimum atomic E-state index is -3.57. The van der Waals surface area contributed by atoms with E-state index in [1.54, 1.807) is 28.9 Å². The number of rotatable bonds is 6. The summed E-state index contributed by atoms with van der Waals surface area (Å²) in [5.74, 6) is 0.464. The summed E-state index contributed by atoms with van der Waals surface area (Å²) in [4.78, 5) is 19.2. The molecule has 0 aromatic carbocycles. The molecule has 2 aromatic heterocycles. The smallest absolute Gasteiger partial charge is 0.246 e. The zero-order valence-corrected chi connectivity index (χ0v) is 16.8. The molecule has 3 rings (SSSR count). The molecule has 0 spiro atoms. The second-order valence-electron chi connectivity index (χ2n) is 6.36. The Labute approximate surface area is 157 Å². The van der Waals surface area contributed by atoms with Gasteiger partial charge in [-0.3, -0.25) is 14.4 Å². The number of anilines is 1. The lowest BCUT2D eigenvalue weighted by atomic mass is 10.0. The average molecular weight is 398 g/mol. The monoisotopic (exact) mass is 397 g/mol. The molecular formula is C16H23N5O3S2. The highest BCUT2D eigenvalue weighted by Crippen LogP contribution is 2.26. The number of amides is 1. The Balaban J connectivity index is 1.88. The number of carbonyl (C=O) groups is 1. The summed E-state index contributed by atoms with van der Waals surface area (Å²) >= 11 is 1.51. The van der Waals surface area contributed by atoms with Crippen LogP contribution < -0.4 is 4.90 Å². The molecule has 1 aliphatic heterocycles. The van der Waals surface area contributed by atoms with Crippen molar-refractivity contribution in [2.24, 2.45) is 7.05 Å². The SMILES string of the molecule is CCc1nc(CN([C@H]2CCCN(c3ccnn3C)C2=O)S(C)(=O)=O)cs1. The molecule has 8 nitrogen and oxygen atoms in total. The van der Waals surface area contributed by atoms with E-state index in [0.717, 1.165) is 24.1 Å². The van der Waals surface area contributed by atoms with E-state index in [0.29, 0.717) is 24.5 Å². The molecule has 1 saturated heterocycles. The van der Waals surface area contributed by atoms with Crippen LogP contribution in [-0.4, -0.2) is 52.2 Å². The van der Waals surface area contributed by atoms with Gasteiger partial charge in [-0.25, -0.2) is 13.4 Å². The number of aromatic nitrogens is 3.